The van der Waals surface area contributed by atoms with Crippen LogP contribution >= 0.6 is 11.8 Å². The highest BCUT2D eigenvalue weighted by atomic mass is 32.2. The number of rotatable bonds is 10. The van der Waals surface area contributed by atoms with Crippen molar-refractivity contribution in [3.63, 3.8) is 0 Å². The number of benzene rings is 1. The van der Waals surface area contributed by atoms with Gasteiger partial charge in [-0.2, -0.15) is 11.8 Å². The standard InChI is InChI=1S/C20H29NO3S/c1-2-24-20(23)7-5-3-4-6-19(22)18-10-8-17(9-11-18)16-21-12-14-25-15-13-21/h8-11H,2-7,12-16H2,1H3. The number of unbranched alkanes of at least 4 members (excludes halogenated alkanes) is 2. The predicted molar refractivity (Wildman–Crippen MR) is 103 cm³/mol. The van der Waals surface area contributed by atoms with E-state index in [1.807, 2.05) is 30.8 Å². The number of thioether (sulfide) groups is 1. The van der Waals surface area contributed by atoms with Gasteiger partial charge in [0.2, 0.25) is 0 Å². The van der Waals surface area contributed by atoms with E-state index in [2.05, 4.69) is 17.0 Å². The first-order valence-corrected chi connectivity index (χ1v) is 10.4. The molecular weight excluding hydrogens is 334 g/mol. The molecule has 1 saturated heterocycles. The van der Waals surface area contributed by atoms with Gasteiger partial charge in [-0.05, 0) is 25.3 Å². The van der Waals surface area contributed by atoms with Crippen LogP contribution in [0.5, 0.6) is 0 Å². The smallest absolute Gasteiger partial charge is 0.305 e. The molecule has 0 unspecified atom stereocenters. The molecule has 1 aromatic rings. The lowest BCUT2D eigenvalue weighted by molar-refractivity contribution is -0.143. The summed E-state index contributed by atoms with van der Waals surface area (Å²) in [6, 6.07) is 8.06. The first-order chi connectivity index (χ1) is 12.2. The number of carbonyl (C=O) groups is 2. The van der Waals surface area contributed by atoms with Gasteiger partial charge in [0, 0.05) is 49.5 Å². The fourth-order valence-electron chi connectivity index (χ4n) is 2.92. The van der Waals surface area contributed by atoms with Gasteiger partial charge in [-0.3, -0.25) is 14.5 Å². The van der Waals surface area contributed by atoms with E-state index in [4.69, 9.17) is 4.74 Å². The summed E-state index contributed by atoms with van der Waals surface area (Å²) in [7, 11) is 0. The minimum absolute atomic E-state index is 0.142. The molecule has 0 saturated carbocycles. The molecule has 5 heteroatoms. The van der Waals surface area contributed by atoms with Crippen LogP contribution in [0.25, 0.3) is 0 Å². The van der Waals surface area contributed by atoms with Gasteiger partial charge in [0.1, 0.15) is 0 Å². The van der Waals surface area contributed by atoms with E-state index >= 15 is 0 Å². The van der Waals surface area contributed by atoms with Crippen LogP contribution in [-0.4, -0.2) is 47.9 Å². The summed E-state index contributed by atoms with van der Waals surface area (Å²) < 4.78 is 4.89. The Morgan fingerprint density at radius 1 is 1.04 bits per heavy atom. The average Bonchev–Trinajstić information content (AvgIpc) is 2.63. The number of hydrogen-bond donors (Lipinski definition) is 0. The summed E-state index contributed by atoms with van der Waals surface area (Å²) >= 11 is 2.02. The number of esters is 1. The number of nitrogens with zero attached hydrogens (tertiary/aromatic N) is 1. The minimum Gasteiger partial charge on any atom is -0.466 e. The third-order valence-electron chi connectivity index (χ3n) is 4.38. The lowest BCUT2D eigenvalue weighted by Gasteiger charge is -2.26. The van der Waals surface area contributed by atoms with Crippen molar-refractivity contribution < 1.29 is 14.3 Å². The molecule has 0 radical (unpaired) electrons. The summed E-state index contributed by atoms with van der Waals surface area (Å²) in [5, 5.41) is 0. The first kappa shape index (κ1) is 20.0. The Hall–Kier alpha value is -1.33. The Kier molecular flexibility index (Phi) is 9.05. The topological polar surface area (TPSA) is 46.6 Å². The van der Waals surface area contributed by atoms with Gasteiger partial charge >= 0.3 is 5.97 Å². The molecule has 1 heterocycles. The highest BCUT2D eigenvalue weighted by Gasteiger charge is 2.11. The molecule has 0 spiro atoms. The average molecular weight is 364 g/mol. The summed E-state index contributed by atoms with van der Waals surface area (Å²) in [5.74, 6) is 2.48. The number of ketones is 1. The Balaban J connectivity index is 1.66. The maximum Gasteiger partial charge on any atom is 0.305 e. The van der Waals surface area contributed by atoms with Gasteiger partial charge in [0.15, 0.2) is 5.78 Å². The Labute approximate surface area is 155 Å². The van der Waals surface area contributed by atoms with E-state index in [9.17, 15) is 9.59 Å². The summed E-state index contributed by atoms with van der Waals surface area (Å²) in [4.78, 5) is 26.0. The maximum absolute atomic E-state index is 12.2. The van der Waals surface area contributed by atoms with Crippen LogP contribution < -0.4 is 0 Å². The molecule has 4 nitrogen and oxygen atoms in total. The first-order valence-electron chi connectivity index (χ1n) is 9.27. The number of hydrogen-bond acceptors (Lipinski definition) is 5. The molecule has 138 valence electrons. The van der Waals surface area contributed by atoms with Gasteiger partial charge in [-0.25, -0.2) is 0 Å². The summed E-state index contributed by atoms with van der Waals surface area (Å²) in [5.41, 5.74) is 2.07. The second-order valence-corrected chi connectivity index (χ2v) is 7.60. The Morgan fingerprint density at radius 3 is 2.40 bits per heavy atom. The van der Waals surface area contributed by atoms with Crippen molar-refractivity contribution in [2.75, 3.05) is 31.2 Å². The van der Waals surface area contributed by atoms with Crippen molar-refractivity contribution in [2.45, 2.75) is 45.6 Å². The second-order valence-electron chi connectivity index (χ2n) is 6.37. The molecule has 0 N–H and O–H groups in total. The Bertz CT molecular complexity index is 538. The van der Waals surface area contributed by atoms with Gasteiger partial charge < -0.3 is 4.74 Å². The molecule has 1 aromatic carbocycles. The summed E-state index contributed by atoms with van der Waals surface area (Å²) in [6.07, 6.45) is 3.50. The van der Waals surface area contributed by atoms with Crippen molar-refractivity contribution in [1.82, 2.24) is 4.90 Å². The highest BCUT2D eigenvalue weighted by molar-refractivity contribution is 7.99. The van der Waals surface area contributed by atoms with E-state index < -0.39 is 0 Å². The maximum atomic E-state index is 12.2. The minimum atomic E-state index is -0.142. The quantitative estimate of drug-likeness (QED) is 0.358. The van der Waals surface area contributed by atoms with Crippen molar-refractivity contribution >= 4 is 23.5 Å². The second kappa shape index (κ2) is 11.3. The number of Topliss-reactive ketones (excluding diaryl/α,β-unsaturated/α-hetero) is 1. The van der Waals surface area contributed by atoms with E-state index in [-0.39, 0.29) is 11.8 Å². The van der Waals surface area contributed by atoms with Crippen LogP contribution in [0.4, 0.5) is 0 Å². The lowest BCUT2D eigenvalue weighted by atomic mass is 10.0. The third-order valence-corrected chi connectivity index (χ3v) is 5.32. The molecule has 0 aliphatic carbocycles. The molecule has 1 aliphatic heterocycles. The van der Waals surface area contributed by atoms with Crippen LogP contribution in [0.1, 0.15) is 54.9 Å². The van der Waals surface area contributed by atoms with Gasteiger partial charge in [0.25, 0.3) is 0 Å². The van der Waals surface area contributed by atoms with Crippen LogP contribution in [0.2, 0.25) is 0 Å². The fourth-order valence-corrected chi connectivity index (χ4v) is 3.90. The fraction of sp³-hybridized carbons (Fsp3) is 0.600. The molecule has 0 atom stereocenters. The highest BCUT2D eigenvalue weighted by Crippen LogP contribution is 2.15. The van der Waals surface area contributed by atoms with E-state index in [1.165, 1.54) is 17.1 Å². The van der Waals surface area contributed by atoms with E-state index in [0.29, 0.717) is 19.4 Å². The normalized spacial score (nSPS) is 15.1. The zero-order valence-corrected chi connectivity index (χ0v) is 16.0. The molecule has 0 bridgehead atoms. The zero-order valence-electron chi connectivity index (χ0n) is 15.2. The van der Waals surface area contributed by atoms with Crippen molar-refractivity contribution in [1.29, 1.82) is 0 Å². The van der Waals surface area contributed by atoms with Crippen molar-refractivity contribution in [3.8, 4) is 0 Å². The van der Waals surface area contributed by atoms with Gasteiger partial charge in [-0.15, -0.1) is 0 Å². The van der Waals surface area contributed by atoms with Gasteiger partial charge in [0.05, 0.1) is 6.61 Å². The van der Waals surface area contributed by atoms with E-state index in [0.717, 1.165) is 44.5 Å². The SMILES string of the molecule is CCOC(=O)CCCCCC(=O)c1ccc(CN2CCSCC2)cc1. The third kappa shape index (κ3) is 7.61. The van der Waals surface area contributed by atoms with Crippen LogP contribution in [0.15, 0.2) is 24.3 Å². The molecular formula is C20H29NO3S. The molecule has 1 fully saturated rings. The lowest BCUT2D eigenvalue weighted by Crippen LogP contribution is -2.31. The van der Waals surface area contributed by atoms with Crippen LogP contribution in [0, 0.1) is 0 Å². The monoisotopic (exact) mass is 363 g/mol. The molecule has 0 amide bonds. The Morgan fingerprint density at radius 2 is 1.72 bits per heavy atom. The number of ether oxygens (including phenoxy) is 1. The van der Waals surface area contributed by atoms with Gasteiger partial charge in [-0.1, -0.05) is 30.7 Å². The molecule has 0 aromatic heterocycles. The largest absolute Gasteiger partial charge is 0.466 e. The molecule has 2 rings (SSSR count). The summed E-state index contributed by atoms with van der Waals surface area (Å²) in [6.45, 7) is 5.52. The molecule has 1 aliphatic rings. The number of carbonyl (C=O) groups excluding carboxylic acids is 2. The van der Waals surface area contributed by atoms with E-state index in [1.54, 1.807) is 0 Å². The zero-order chi connectivity index (χ0) is 17.9. The molecule has 25 heavy (non-hydrogen) atoms. The predicted octanol–water partition coefficient (Wildman–Crippen LogP) is 3.93. The van der Waals surface area contributed by atoms with Crippen molar-refractivity contribution in [2.24, 2.45) is 0 Å². The van der Waals surface area contributed by atoms with Crippen molar-refractivity contribution in [3.05, 3.63) is 35.4 Å². The van der Waals surface area contributed by atoms with Crippen LogP contribution in [-0.2, 0) is 16.1 Å². The van der Waals surface area contributed by atoms with Crippen LogP contribution in [0.3, 0.4) is 0 Å².